The SMILES string of the molecule is CNc1cc(-c2cn(C3[C@H]4COC[C@@H]34)c3ncccc23)nc2c(C(=O)N[C@@H]3CC[C@H]3OC)cnn12.CNc1cc(-c2cn(C3[C@H]4COC[C@@H]34)c3ncccc23)nc2c(C(=O)N[C@H]3CC[C@@H]3OC)cnn12. The first-order chi connectivity index (χ1) is 34.3. The predicted molar refractivity (Wildman–Crippen MR) is 259 cm³/mol. The highest BCUT2D eigenvalue weighted by molar-refractivity contribution is 6.02. The van der Waals surface area contributed by atoms with Crippen LogP contribution >= 0.6 is 0 Å². The van der Waals surface area contributed by atoms with E-state index >= 15 is 0 Å². The van der Waals surface area contributed by atoms with Crippen molar-refractivity contribution < 1.29 is 28.5 Å². The smallest absolute Gasteiger partial charge is 0.257 e. The second-order valence-corrected chi connectivity index (χ2v) is 19.4. The summed E-state index contributed by atoms with van der Waals surface area (Å²) >= 11 is 0. The number of nitrogens with zero attached hydrogens (tertiary/aromatic N) is 10. The first-order valence-corrected chi connectivity index (χ1v) is 24.2. The van der Waals surface area contributed by atoms with Crippen LogP contribution in [-0.4, -0.2) is 139 Å². The summed E-state index contributed by atoms with van der Waals surface area (Å²) in [5.74, 6) is 3.34. The molecule has 0 spiro atoms. The minimum absolute atomic E-state index is 0.0143. The van der Waals surface area contributed by atoms with E-state index in [2.05, 4.69) is 65.1 Å². The van der Waals surface area contributed by atoms with Gasteiger partial charge in [-0.1, -0.05) is 0 Å². The summed E-state index contributed by atoms with van der Waals surface area (Å²) < 4.78 is 30.0. The van der Waals surface area contributed by atoms with E-state index in [4.69, 9.17) is 38.9 Å². The number of rotatable bonds is 12. The fourth-order valence-electron chi connectivity index (χ4n) is 11.5. The van der Waals surface area contributed by atoms with E-state index in [1.807, 2.05) is 50.8 Å². The summed E-state index contributed by atoms with van der Waals surface area (Å²) in [6, 6.07) is 12.9. The van der Waals surface area contributed by atoms with Gasteiger partial charge in [0.1, 0.15) is 34.1 Å². The lowest BCUT2D eigenvalue weighted by Crippen LogP contribution is -2.51. The highest BCUT2D eigenvalue weighted by Gasteiger charge is 2.56. The summed E-state index contributed by atoms with van der Waals surface area (Å²) in [7, 11) is 7.04. The highest BCUT2D eigenvalue weighted by Crippen LogP contribution is 2.57. The van der Waals surface area contributed by atoms with Crippen molar-refractivity contribution in [2.24, 2.45) is 23.7 Å². The van der Waals surface area contributed by atoms with Crippen molar-refractivity contribution in [2.75, 3.05) is 65.4 Å². The molecule has 2 aliphatic heterocycles. The Bertz CT molecular complexity index is 3120. The lowest BCUT2D eigenvalue weighted by molar-refractivity contribution is 0.00731. The van der Waals surface area contributed by atoms with Crippen LogP contribution in [0.4, 0.5) is 11.6 Å². The number of methoxy groups -OCH3 is 2. The van der Waals surface area contributed by atoms with E-state index in [9.17, 15) is 9.59 Å². The molecule has 70 heavy (non-hydrogen) atoms. The third-order valence-corrected chi connectivity index (χ3v) is 15.8. The molecule has 4 saturated carbocycles. The molecule has 10 atom stereocenters. The molecule has 0 aromatic carbocycles. The van der Waals surface area contributed by atoms with Crippen LogP contribution in [0.3, 0.4) is 0 Å². The second-order valence-electron chi connectivity index (χ2n) is 19.4. The van der Waals surface area contributed by atoms with Crippen LogP contribution in [0, 0.1) is 23.7 Å². The molecule has 2 amide bonds. The number of hydrogen-bond acceptors (Lipinski definition) is 14. The molecule has 6 aliphatic rings. The van der Waals surface area contributed by atoms with Crippen LogP contribution in [0.5, 0.6) is 0 Å². The Hall–Kier alpha value is -7.00. The number of carbonyl (C=O) groups is 2. The Labute approximate surface area is 401 Å². The zero-order chi connectivity index (χ0) is 47.4. The van der Waals surface area contributed by atoms with Gasteiger partial charge in [-0.3, -0.25) is 9.59 Å². The molecule has 20 heteroatoms. The molecule has 8 aromatic heterocycles. The van der Waals surface area contributed by atoms with Gasteiger partial charge < -0.3 is 49.3 Å². The molecule has 10 heterocycles. The van der Waals surface area contributed by atoms with Crippen LogP contribution in [-0.2, 0) is 18.9 Å². The fourth-order valence-corrected chi connectivity index (χ4v) is 11.5. The van der Waals surface area contributed by atoms with Crippen molar-refractivity contribution in [1.29, 1.82) is 0 Å². The number of fused-ring (bicyclic) bond motifs is 6. The molecular formula is C50H54N14O6. The summed E-state index contributed by atoms with van der Waals surface area (Å²) in [5.41, 5.74) is 7.35. The van der Waals surface area contributed by atoms with Gasteiger partial charge >= 0.3 is 0 Å². The third-order valence-electron chi connectivity index (χ3n) is 15.8. The van der Waals surface area contributed by atoms with Crippen molar-refractivity contribution in [3.8, 4) is 22.5 Å². The minimum atomic E-state index is -0.187. The first kappa shape index (κ1) is 43.1. The zero-order valence-corrected chi connectivity index (χ0v) is 39.3. The summed E-state index contributed by atoms with van der Waals surface area (Å²) in [5, 5.41) is 23.6. The Balaban J connectivity index is 0.000000137. The van der Waals surface area contributed by atoms with E-state index < -0.39 is 0 Å². The van der Waals surface area contributed by atoms with E-state index in [1.54, 1.807) is 35.6 Å². The maximum absolute atomic E-state index is 13.2. The minimum Gasteiger partial charge on any atom is -0.381 e. The third kappa shape index (κ3) is 6.85. The predicted octanol–water partition coefficient (Wildman–Crippen LogP) is 5.02. The molecule has 20 nitrogen and oxygen atoms in total. The second kappa shape index (κ2) is 16.9. The van der Waals surface area contributed by atoms with E-state index in [0.29, 0.717) is 58.2 Å². The van der Waals surface area contributed by atoms with E-state index in [0.717, 1.165) is 108 Å². The molecular weight excluding hydrogens is 893 g/mol. The van der Waals surface area contributed by atoms with Gasteiger partial charge in [-0.25, -0.2) is 19.9 Å². The maximum Gasteiger partial charge on any atom is 0.257 e. The van der Waals surface area contributed by atoms with Crippen LogP contribution in [0.2, 0.25) is 0 Å². The number of nitrogens with one attached hydrogen (secondary N) is 4. The van der Waals surface area contributed by atoms with Crippen LogP contribution in [0.15, 0.2) is 73.6 Å². The molecule has 4 N–H and O–H groups in total. The van der Waals surface area contributed by atoms with Gasteiger partial charge in [-0.2, -0.15) is 19.2 Å². The average molecular weight is 947 g/mol. The van der Waals surface area contributed by atoms with Crippen molar-refractivity contribution in [3.63, 3.8) is 0 Å². The van der Waals surface area contributed by atoms with Crippen molar-refractivity contribution in [1.82, 2.24) is 58.9 Å². The molecule has 4 aliphatic carbocycles. The maximum atomic E-state index is 13.2. The van der Waals surface area contributed by atoms with Crippen LogP contribution in [0.1, 0.15) is 58.5 Å². The number of pyridine rings is 2. The van der Waals surface area contributed by atoms with Crippen molar-refractivity contribution in [3.05, 3.63) is 84.7 Å². The number of anilines is 2. The first-order valence-electron chi connectivity index (χ1n) is 24.2. The van der Waals surface area contributed by atoms with Crippen molar-refractivity contribution >= 4 is 56.8 Å². The van der Waals surface area contributed by atoms with Gasteiger partial charge in [-0.05, 0) is 49.9 Å². The summed E-state index contributed by atoms with van der Waals surface area (Å²) in [6.07, 6.45) is 15.0. The number of hydrogen-bond donors (Lipinski definition) is 4. The fraction of sp³-hybridized carbons (Fsp3) is 0.440. The topological polar surface area (TPSA) is 215 Å². The van der Waals surface area contributed by atoms with Gasteiger partial charge in [0, 0.05) is 123 Å². The van der Waals surface area contributed by atoms with Gasteiger partial charge in [0.05, 0.1) is 74.5 Å². The number of amides is 2. The summed E-state index contributed by atoms with van der Waals surface area (Å²) in [6.45, 7) is 3.24. The number of aromatic nitrogens is 10. The van der Waals surface area contributed by atoms with Gasteiger partial charge in [0.2, 0.25) is 0 Å². The largest absolute Gasteiger partial charge is 0.381 e. The number of carbonyl (C=O) groups excluding carboxylic acids is 2. The molecule has 360 valence electrons. The van der Waals surface area contributed by atoms with Crippen LogP contribution in [0.25, 0.3) is 55.9 Å². The Morgan fingerprint density at radius 3 is 1.41 bits per heavy atom. The quantitative estimate of drug-likeness (QED) is 0.127. The van der Waals surface area contributed by atoms with Gasteiger partial charge in [-0.15, -0.1) is 0 Å². The zero-order valence-electron chi connectivity index (χ0n) is 39.3. The van der Waals surface area contributed by atoms with Crippen LogP contribution < -0.4 is 21.3 Å². The molecule has 2 saturated heterocycles. The number of ether oxygens (including phenoxy) is 4. The molecule has 0 bridgehead atoms. The van der Waals surface area contributed by atoms with Crippen molar-refractivity contribution in [2.45, 2.75) is 62.1 Å². The molecule has 6 fully saturated rings. The Kier molecular flexibility index (Phi) is 10.4. The average Bonchev–Trinajstić information content (AvgIpc) is 3.92. The van der Waals surface area contributed by atoms with E-state index in [1.165, 1.54) is 0 Å². The molecule has 0 radical (unpaired) electrons. The van der Waals surface area contributed by atoms with Gasteiger partial charge in [0.15, 0.2) is 11.3 Å². The molecule has 14 rings (SSSR count). The lowest BCUT2D eigenvalue weighted by Gasteiger charge is -2.35. The lowest BCUT2D eigenvalue weighted by atomic mass is 9.89. The standard InChI is InChI=1S/2C25H27N7O3/c2*1-26-21-8-19(29-24-14(9-28-32(21)24)25(33)30-18-5-6-20(18)34-2)15-10-31(22-16-11-35-12-17(16)22)23-13(15)4-3-7-27-23/h2*3-4,7-10,16-18,20,22,26H,5-6,11-12H2,1-2H3,(H,30,33)/t2*16-,17+,18-,20-,22?/m10/s1. The molecule has 2 unspecified atom stereocenters. The van der Waals surface area contributed by atoms with E-state index in [-0.39, 0.29) is 36.1 Å². The normalized spacial score (nSPS) is 27.1. The Morgan fingerprint density at radius 2 is 1.04 bits per heavy atom. The Morgan fingerprint density at radius 1 is 0.614 bits per heavy atom. The monoisotopic (exact) mass is 946 g/mol. The molecule has 8 aromatic rings. The summed E-state index contributed by atoms with van der Waals surface area (Å²) in [4.78, 5) is 45.6. The van der Waals surface area contributed by atoms with Gasteiger partial charge in [0.25, 0.3) is 11.8 Å². The highest BCUT2D eigenvalue weighted by atomic mass is 16.5.